The van der Waals surface area contributed by atoms with Crippen LogP contribution in [-0.4, -0.2) is 65.1 Å². The second kappa shape index (κ2) is 17.1. The molecule has 0 spiro atoms. The molecule has 0 radical (unpaired) electrons. The lowest BCUT2D eigenvalue weighted by Crippen LogP contribution is -2.42. The van der Waals surface area contributed by atoms with Crippen molar-refractivity contribution in [2.75, 3.05) is 30.3 Å². The third kappa shape index (κ3) is 8.92. The molecular weight excluding hydrogens is 779 g/mol. The Labute approximate surface area is 359 Å². The van der Waals surface area contributed by atoms with E-state index in [1.165, 1.54) is 11.1 Å². The van der Waals surface area contributed by atoms with Gasteiger partial charge in [0.15, 0.2) is 5.82 Å². The van der Waals surface area contributed by atoms with Gasteiger partial charge in [-0.15, -0.1) is 0 Å². The van der Waals surface area contributed by atoms with Crippen LogP contribution < -0.4 is 15.2 Å². The fourth-order valence-corrected chi connectivity index (χ4v) is 9.15. The number of anilines is 2. The molecule has 2 unspecified atom stereocenters. The molecule has 5 aromatic heterocycles. The first-order valence-electron chi connectivity index (χ1n) is 20.9. The van der Waals surface area contributed by atoms with E-state index in [4.69, 9.17) is 19.9 Å². The normalized spacial score (nSPS) is 14.6. The van der Waals surface area contributed by atoms with Crippen molar-refractivity contribution in [3.8, 4) is 33.6 Å². The van der Waals surface area contributed by atoms with E-state index in [0.717, 1.165) is 99.4 Å². The predicted molar refractivity (Wildman–Crippen MR) is 242 cm³/mol. The summed E-state index contributed by atoms with van der Waals surface area (Å²) in [5.74, 6) is 3.39. The van der Waals surface area contributed by atoms with Crippen molar-refractivity contribution < 1.29 is 9.36 Å². The Balaban J connectivity index is 0.940. The first kappa shape index (κ1) is 39.7. The monoisotopic (exact) mass is 828 g/mol. The van der Waals surface area contributed by atoms with E-state index in [-0.39, 0.29) is 11.9 Å². The maximum absolute atomic E-state index is 13.0. The summed E-state index contributed by atoms with van der Waals surface area (Å²) in [5, 5.41) is 11.6. The zero-order valence-electron chi connectivity index (χ0n) is 35.2. The predicted octanol–water partition coefficient (Wildman–Crippen LogP) is 8.94. The van der Waals surface area contributed by atoms with E-state index in [1.807, 2.05) is 54.1 Å². The van der Waals surface area contributed by atoms with Crippen molar-refractivity contribution >= 4 is 39.1 Å². The van der Waals surface area contributed by atoms with Gasteiger partial charge in [-0.3, -0.25) is 9.48 Å². The maximum Gasteiger partial charge on any atom is 0.270 e. The molecular formula is C48H50N11OS+. The first-order chi connectivity index (χ1) is 29.6. The number of amides is 1. The summed E-state index contributed by atoms with van der Waals surface area (Å²) >= 11 is 1.69. The molecule has 0 aliphatic carbocycles. The molecule has 13 heteroatoms. The maximum atomic E-state index is 13.0. The Kier molecular flexibility index (Phi) is 11.1. The van der Waals surface area contributed by atoms with Gasteiger partial charge in [-0.25, -0.2) is 19.9 Å². The van der Waals surface area contributed by atoms with Gasteiger partial charge < -0.3 is 20.5 Å². The minimum Gasteiger partial charge on any atom is -0.370 e. The highest BCUT2D eigenvalue weighted by Gasteiger charge is 2.25. The highest BCUT2D eigenvalue weighted by molar-refractivity contribution is 7.16. The first-order valence-corrected chi connectivity index (χ1v) is 21.7. The third-order valence-electron chi connectivity index (χ3n) is 11.5. The van der Waals surface area contributed by atoms with Crippen LogP contribution in [0.5, 0.6) is 0 Å². The van der Waals surface area contributed by atoms with Gasteiger partial charge in [-0.05, 0) is 99.5 Å². The number of benzene rings is 3. The topological polar surface area (TPSA) is 133 Å². The van der Waals surface area contributed by atoms with E-state index in [9.17, 15) is 4.79 Å². The van der Waals surface area contributed by atoms with Gasteiger partial charge in [0.1, 0.15) is 27.9 Å². The average Bonchev–Trinajstić information content (AvgIpc) is 4.06. The summed E-state index contributed by atoms with van der Waals surface area (Å²) in [4.78, 5) is 37.8. The van der Waals surface area contributed by atoms with Crippen molar-refractivity contribution in [2.45, 2.75) is 53.1 Å². The fraction of sp³-hybridized carbons (Fsp3) is 0.271. The third-order valence-corrected chi connectivity index (χ3v) is 12.4. The van der Waals surface area contributed by atoms with Crippen molar-refractivity contribution in [3.05, 3.63) is 143 Å². The lowest BCUT2D eigenvalue weighted by molar-refractivity contribution is -0.659. The molecule has 61 heavy (non-hydrogen) atoms. The number of hydrogen-bond donors (Lipinski definition) is 3. The van der Waals surface area contributed by atoms with E-state index in [2.05, 4.69) is 118 Å². The van der Waals surface area contributed by atoms with E-state index in [1.54, 1.807) is 17.5 Å². The summed E-state index contributed by atoms with van der Waals surface area (Å²) in [5.41, 5.74) is 13.5. The number of H-pyrrole nitrogens is 1. The number of carbonyl (C=O) groups is 1. The minimum atomic E-state index is -0.0108. The van der Waals surface area contributed by atoms with Crippen molar-refractivity contribution in [1.29, 1.82) is 0 Å². The van der Waals surface area contributed by atoms with E-state index < -0.39 is 0 Å². The van der Waals surface area contributed by atoms with Gasteiger partial charge >= 0.3 is 0 Å². The number of aromatic nitrogens is 8. The Morgan fingerprint density at radius 2 is 1.80 bits per heavy atom. The number of carbonyl (C=O) groups excluding carboxylic acids is 1. The summed E-state index contributed by atoms with van der Waals surface area (Å²) in [6, 6.07) is 29.3. The largest absolute Gasteiger partial charge is 0.370 e. The van der Waals surface area contributed by atoms with Crippen LogP contribution in [0, 0.1) is 26.7 Å². The molecule has 1 aliphatic heterocycles. The molecule has 1 saturated heterocycles. The van der Waals surface area contributed by atoms with Gasteiger partial charge in [0, 0.05) is 80.0 Å². The molecule has 0 bridgehead atoms. The summed E-state index contributed by atoms with van der Waals surface area (Å²) < 4.78 is 5.19. The number of fused-ring (bicyclic) bond motifs is 1. The molecule has 3 aromatic carbocycles. The van der Waals surface area contributed by atoms with Gasteiger partial charge in [-0.1, -0.05) is 47.2 Å². The van der Waals surface area contributed by atoms with Crippen LogP contribution in [-0.2, 0) is 13.6 Å². The number of rotatable bonds is 12. The van der Waals surface area contributed by atoms with Crippen molar-refractivity contribution in [2.24, 2.45) is 13.0 Å². The SMILES string of the molecule is Cc1ccc(C)c(-c2cc(NC(C)c3cccc(-c4cnn(C)c4)c3)nc(C[n+]3csc4cc(-c5cc(NCC6CCCN(C(=O)c7ccc[nH]7)C6)nc(C)n5)ccc43)n2)c1. The van der Waals surface area contributed by atoms with Crippen molar-refractivity contribution in [3.63, 3.8) is 0 Å². The standard InChI is InChI=1S/C48H49N11OS/c1-30-13-14-31(2)39(19-30)42-23-46(52-32(3)35-10-6-11-36(20-35)38-25-51-57(5)27-38)56-47(55-42)28-59-29-61-44-21-37(15-16-43(44)59)41-22-45(54-33(4)53-41)50-24-34-9-8-18-58(26-34)48(60)40-12-7-17-49-40/h6-7,10-17,19-23,25,27,29,32,34H,8-9,18,24,26,28H2,1-5H3,(H2-,49,50,52,53,54,55,56,60)/p+1. The summed E-state index contributed by atoms with van der Waals surface area (Å²) in [6.45, 7) is 11.1. The number of aromatic amines is 1. The highest BCUT2D eigenvalue weighted by atomic mass is 32.1. The number of piperidine rings is 1. The lowest BCUT2D eigenvalue weighted by atomic mass is 9.97. The fourth-order valence-electron chi connectivity index (χ4n) is 8.22. The number of aryl methyl sites for hydroxylation is 4. The van der Waals surface area contributed by atoms with Crippen LogP contribution in [0.3, 0.4) is 0 Å². The number of nitrogens with one attached hydrogen (secondary N) is 3. The van der Waals surface area contributed by atoms with Gasteiger partial charge in [0.05, 0.1) is 17.6 Å². The van der Waals surface area contributed by atoms with Crippen LogP contribution in [0.1, 0.15) is 64.6 Å². The number of likely N-dealkylation sites (tertiary alicyclic amines) is 1. The van der Waals surface area contributed by atoms with E-state index in [0.29, 0.717) is 24.0 Å². The van der Waals surface area contributed by atoms with Gasteiger partial charge in [0.2, 0.25) is 17.6 Å². The Hall–Kier alpha value is -6.73. The Bertz CT molecular complexity index is 2840. The second-order valence-electron chi connectivity index (χ2n) is 16.2. The summed E-state index contributed by atoms with van der Waals surface area (Å²) in [7, 11) is 1.94. The molecule has 0 saturated carbocycles. The molecule has 8 aromatic rings. The zero-order chi connectivity index (χ0) is 42.0. The van der Waals surface area contributed by atoms with Crippen LogP contribution in [0.2, 0.25) is 0 Å². The molecule has 3 N–H and O–H groups in total. The molecule has 2 atom stereocenters. The lowest BCUT2D eigenvalue weighted by Gasteiger charge is -2.32. The van der Waals surface area contributed by atoms with Crippen LogP contribution in [0.25, 0.3) is 43.9 Å². The van der Waals surface area contributed by atoms with Crippen LogP contribution in [0.15, 0.2) is 109 Å². The molecule has 9 rings (SSSR count). The quantitative estimate of drug-likeness (QED) is 0.104. The molecule has 1 fully saturated rings. The van der Waals surface area contributed by atoms with Crippen molar-refractivity contribution in [1.82, 2.24) is 39.6 Å². The summed E-state index contributed by atoms with van der Waals surface area (Å²) in [6.07, 6.45) is 7.77. The van der Waals surface area contributed by atoms with Gasteiger partial charge in [-0.2, -0.15) is 9.67 Å². The number of thiazole rings is 1. The molecule has 1 amide bonds. The molecule has 1 aliphatic rings. The average molecular weight is 829 g/mol. The number of hydrogen-bond acceptors (Lipinski definition) is 9. The Morgan fingerprint density at radius 1 is 0.918 bits per heavy atom. The smallest absolute Gasteiger partial charge is 0.270 e. The van der Waals surface area contributed by atoms with Crippen LogP contribution >= 0.6 is 11.3 Å². The molecule has 6 heterocycles. The highest BCUT2D eigenvalue weighted by Crippen LogP contribution is 2.30. The van der Waals surface area contributed by atoms with Crippen LogP contribution in [0.4, 0.5) is 11.6 Å². The molecule has 308 valence electrons. The Morgan fingerprint density at radius 3 is 2.64 bits per heavy atom. The minimum absolute atomic E-state index is 0.0108. The van der Waals surface area contributed by atoms with E-state index >= 15 is 0 Å². The zero-order valence-corrected chi connectivity index (χ0v) is 36.0. The molecule has 12 nitrogen and oxygen atoms in total. The second-order valence-corrected chi connectivity index (χ2v) is 17.1. The number of nitrogens with zero attached hydrogens (tertiary/aromatic N) is 8. The van der Waals surface area contributed by atoms with Gasteiger partial charge in [0.25, 0.3) is 5.91 Å².